The van der Waals surface area contributed by atoms with Crippen LogP contribution < -0.4 is 0 Å². The van der Waals surface area contributed by atoms with E-state index in [0.29, 0.717) is 0 Å². The minimum Gasteiger partial charge on any atom is -0.388 e. The fourth-order valence-electron chi connectivity index (χ4n) is 1.52. The molecule has 5 atom stereocenters. The lowest BCUT2D eigenvalue weighted by Gasteiger charge is -2.39. The molecule has 0 aromatic heterocycles. The molecule has 0 aliphatic carbocycles. The van der Waals surface area contributed by atoms with Crippen LogP contribution in [0, 0.1) is 0 Å². The van der Waals surface area contributed by atoms with Gasteiger partial charge in [0.25, 0.3) is 0 Å². The maximum atomic E-state index is 10.7. The Bertz CT molecular complexity index is 264. The molecule has 0 aromatic carbocycles. The molecule has 1 aliphatic rings. The summed E-state index contributed by atoms with van der Waals surface area (Å²) in [5.74, 6) is 0. The lowest BCUT2D eigenvalue weighted by atomic mass is 9.96. The summed E-state index contributed by atoms with van der Waals surface area (Å²) in [4.78, 5) is 17.4. The van der Waals surface area contributed by atoms with Gasteiger partial charge in [-0.25, -0.2) is 0 Å². The highest BCUT2D eigenvalue weighted by Crippen LogP contribution is 2.38. The Morgan fingerprint density at radius 3 is 2.13 bits per heavy atom. The minimum atomic E-state index is -4.32. The van der Waals surface area contributed by atoms with E-state index in [1.165, 1.54) is 6.92 Å². The number of aliphatic hydroxyl groups is 3. The average molecular weight is 242 g/mol. The molecule has 15 heavy (non-hydrogen) atoms. The van der Waals surface area contributed by atoms with Crippen LogP contribution in [-0.4, -0.2) is 61.8 Å². The molecule has 1 rings (SSSR count). The maximum absolute atomic E-state index is 10.7. The average Bonchev–Trinajstić information content (AvgIpc) is 2.08. The van der Waals surface area contributed by atoms with Crippen LogP contribution in [0.2, 0.25) is 0 Å². The van der Waals surface area contributed by atoms with Crippen molar-refractivity contribution < 1.29 is 34.4 Å². The van der Waals surface area contributed by atoms with Gasteiger partial charge >= 0.3 is 7.60 Å². The Morgan fingerprint density at radius 1 is 1.13 bits per heavy atom. The summed E-state index contributed by atoms with van der Waals surface area (Å²) in [6, 6.07) is 0. The molecule has 0 amide bonds. The third kappa shape index (κ3) is 3.22. The third-order valence-electron chi connectivity index (χ3n) is 2.37. The minimum absolute atomic E-state index is 0.678. The van der Waals surface area contributed by atoms with E-state index >= 15 is 0 Å². The van der Waals surface area contributed by atoms with E-state index in [0.717, 1.165) is 0 Å². The van der Waals surface area contributed by atoms with Gasteiger partial charge in [0.15, 0.2) is 0 Å². The van der Waals surface area contributed by atoms with Gasteiger partial charge in [0.05, 0.1) is 18.4 Å². The molecule has 1 saturated heterocycles. The van der Waals surface area contributed by atoms with Crippen LogP contribution in [-0.2, 0) is 9.30 Å². The number of rotatable bonds is 2. The molecule has 7 nitrogen and oxygen atoms in total. The van der Waals surface area contributed by atoms with E-state index in [2.05, 4.69) is 0 Å². The van der Waals surface area contributed by atoms with Gasteiger partial charge in [0.1, 0.15) is 18.3 Å². The van der Waals surface area contributed by atoms with Gasteiger partial charge < -0.3 is 29.8 Å². The first kappa shape index (κ1) is 13.1. The second-order valence-electron chi connectivity index (χ2n) is 3.70. The van der Waals surface area contributed by atoms with Crippen molar-refractivity contribution in [2.75, 3.05) is 6.16 Å². The highest BCUT2D eigenvalue weighted by atomic mass is 31.2. The second kappa shape index (κ2) is 4.47. The van der Waals surface area contributed by atoms with Crippen molar-refractivity contribution in [1.29, 1.82) is 0 Å². The molecule has 0 radical (unpaired) electrons. The maximum Gasteiger partial charge on any atom is 0.328 e. The molecule has 0 spiro atoms. The Labute approximate surface area is 86.5 Å². The molecule has 0 saturated carbocycles. The van der Waals surface area contributed by atoms with Crippen molar-refractivity contribution in [3.63, 3.8) is 0 Å². The smallest absolute Gasteiger partial charge is 0.328 e. The normalized spacial score (nSPS) is 42.9. The second-order valence-corrected chi connectivity index (χ2v) is 5.39. The number of ether oxygens (including phenoxy) is 1. The van der Waals surface area contributed by atoms with Gasteiger partial charge in [-0.2, -0.15) is 0 Å². The zero-order chi connectivity index (χ0) is 11.8. The molecule has 1 heterocycles. The lowest BCUT2D eigenvalue weighted by Crippen LogP contribution is -2.57. The van der Waals surface area contributed by atoms with Gasteiger partial charge in [-0.1, -0.05) is 0 Å². The molecule has 90 valence electrons. The molecular formula is C7H15O7P. The van der Waals surface area contributed by atoms with Crippen LogP contribution in [0.1, 0.15) is 6.92 Å². The largest absolute Gasteiger partial charge is 0.388 e. The van der Waals surface area contributed by atoms with E-state index < -0.39 is 44.3 Å². The van der Waals surface area contributed by atoms with Crippen LogP contribution in [0.5, 0.6) is 0 Å². The predicted octanol–water partition coefficient (Wildman–Crippen LogP) is -1.97. The Morgan fingerprint density at radius 2 is 1.67 bits per heavy atom. The lowest BCUT2D eigenvalue weighted by molar-refractivity contribution is -0.211. The zero-order valence-corrected chi connectivity index (χ0v) is 8.99. The van der Waals surface area contributed by atoms with Gasteiger partial charge in [0.2, 0.25) is 0 Å². The summed E-state index contributed by atoms with van der Waals surface area (Å²) in [6.45, 7) is 1.45. The number of hydrogen-bond acceptors (Lipinski definition) is 5. The Balaban J connectivity index is 2.71. The fourth-order valence-corrected chi connectivity index (χ4v) is 2.29. The van der Waals surface area contributed by atoms with E-state index in [-0.39, 0.29) is 0 Å². The van der Waals surface area contributed by atoms with Crippen LogP contribution >= 0.6 is 7.60 Å². The highest BCUT2D eigenvalue weighted by molar-refractivity contribution is 7.51. The SMILES string of the molecule is C[C@@H]1O[C@H](CP(=O)(O)O)[C@@H](O)[C@H](O)[C@@H]1O. The Hall–Kier alpha value is -0.0100. The molecule has 1 aliphatic heterocycles. The molecule has 0 unspecified atom stereocenters. The summed E-state index contributed by atoms with van der Waals surface area (Å²) in [6.07, 6.45) is -6.83. The molecule has 8 heteroatoms. The van der Waals surface area contributed by atoms with Crippen LogP contribution in [0.25, 0.3) is 0 Å². The van der Waals surface area contributed by atoms with E-state index in [1.807, 2.05) is 0 Å². The first-order chi connectivity index (χ1) is 6.72. The standard InChI is InChI=1S/C7H15O7P/c1-3-5(8)7(10)6(9)4(14-3)2-15(11,12)13/h3-10H,2H2,1H3,(H2,11,12,13)/t3-,4+,5+,6+,7+/m0/s1. The summed E-state index contributed by atoms with van der Waals surface area (Å²) in [7, 11) is -4.32. The molecular weight excluding hydrogens is 227 g/mol. The van der Waals surface area contributed by atoms with Crippen molar-refractivity contribution >= 4 is 7.60 Å². The predicted molar refractivity (Wildman–Crippen MR) is 49.3 cm³/mol. The van der Waals surface area contributed by atoms with Crippen molar-refractivity contribution in [3.8, 4) is 0 Å². The molecule has 5 N–H and O–H groups in total. The van der Waals surface area contributed by atoms with Crippen molar-refractivity contribution in [2.45, 2.75) is 37.4 Å². The highest BCUT2D eigenvalue weighted by Gasteiger charge is 2.43. The van der Waals surface area contributed by atoms with Crippen molar-refractivity contribution in [2.24, 2.45) is 0 Å². The molecule has 1 fully saturated rings. The quantitative estimate of drug-likeness (QED) is 0.355. The molecule has 0 aromatic rings. The fraction of sp³-hybridized carbons (Fsp3) is 1.00. The van der Waals surface area contributed by atoms with E-state index in [9.17, 15) is 19.9 Å². The summed E-state index contributed by atoms with van der Waals surface area (Å²) in [5, 5.41) is 28.1. The first-order valence-corrected chi connectivity index (χ1v) is 6.26. The number of hydrogen-bond donors (Lipinski definition) is 5. The van der Waals surface area contributed by atoms with Crippen LogP contribution in [0.15, 0.2) is 0 Å². The van der Waals surface area contributed by atoms with Crippen LogP contribution in [0.3, 0.4) is 0 Å². The van der Waals surface area contributed by atoms with Gasteiger partial charge in [-0.15, -0.1) is 0 Å². The summed E-state index contributed by atoms with van der Waals surface area (Å²) < 4.78 is 15.7. The summed E-state index contributed by atoms with van der Waals surface area (Å²) >= 11 is 0. The van der Waals surface area contributed by atoms with Gasteiger partial charge in [0, 0.05) is 0 Å². The van der Waals surface area contributed by atoms with E-state index in [1.54, 1.807) is 0 Å². The molecule has 0 bridgehead atoms. The first-order valence-electron chi connectivity index (χ1n) is 4.46. The topological polar surface area (TPSA) is 127 Å². The Kier molecular flexibility index (Phi) is 3.89. The zero-order valence-electron chi connectivity index (χ0n) is 8.09. The van der Waals surface area contributed by atoms with E-state index in [4.69, 9.17) is 14.5 Å². The number of aliphatic hydroxyl groups excluding tert-OH is 3. The van der Waals surface area contributed by atoms with Crippen LogP contribution in [0.4, 0.5) is 0 Å². The van der Waals surface area contributed by atoms with Crippen molar-refractivity contribution in [3.05, 3.63) is 0 Å². The van der Waals surface area contributed by atoms with Gasteiger partial charge in [-0.3, -0.25) is 4.57 Å². The van der Waals surface area contributed by atoms with Gasteiger partial charge in [-0.05, 0) is 6.92 Å². The monoisotopic (exact) mass is 242 g/mol. The summed E-state index contributed by atoms with van der Waals surface area (Å²) in [5.41, 5.74) is 0. The third-order valence-corrected chi connectivity index (χ3v) is 3.20. The van der Waals surface area contributed by atoms with Crippen molar-refractivity contribution in [1.82, 2.24) is 0 Å².